The fourth-order valence-electron chi connectivity index (χ4n) is 1.09. The Bertz CT molecular complexity index is 338. The molecule has 4 nitrogen and oxygen atoms in total. The van der Waals surface area contributed by atoms with Gasteiger partial charge in [0, 0.05) is 17.1 Å². The number of hydrogen-bond donors (Lipinski definition) is 3. The molecule has 0 bridgehead atoms. The summed E-state index contributed by atoms with van der Waals surface area (Å²) >= 11 is 1.65. The third-order valence-corrected chi connectivity index (χ3v) is 2.65. The Balaban J connectivity index is 2.43. The number of thioether (sulfide) groups is 1. The molecule has 1 aromatic carbocycles. The Morgan fingerprint density at radius 1 is 1.44 bits per heavy atom. The second-order valence-electron chi connectivity index (χ2n) is 3.41. The maximum absolute atomic E-state index is 11.3. The van der Waals surface area contributed by atoms with Crippen molar-refractivity contribution in [2.75, 3.05) is 18.1 Å². The van der Waals surface area contributed by atoms with Crippen molar-refractivity contribution >= 4 is 23.5 Å². The van der Waals surface area contributed by atoms with Crippen LogP contribution in [0, 0.1) is 0 Å². The second kappa shape index (κ2) is 6.40. The molecule has 1 aromatic rings. The van der Waals surface area contributed by atoms with Crippen LogP contribution in [0.3, 0.4) is 0 Å². The van der Waals surface area contributed by atoms with Gasteiger partial charge in [0.2, 0.25) is 0 Å². The highest BCUT2D eigenvalue weighted by Gasteiger charge is 2.02. The highest BCUT2D eigenvalue weighted by atomic mass is 32.2. The number of carbonyl (C=O) groups is 1. The van der Waals surface area contributed by atoms with E-state index >= 15 is 0 Å². The van der Waals surface area contributed by atoms with Crippen molar-refractivity contribution in [2.24, 2.45) is 0 Å². The molecule has 3 N–H and O–H groups in total. The first-order chi connectivity index (χ1) is 7.61. The maximum Gasteiger partial charge on any atom is 0.319 e. The minimum absolute atomic E-state index is 0.245. The Hall–Kier alpha value is -1.20. The van der Waals surface area contributed by atoms with Crippen LogP contribution in [0.2, 0.25) is 0 Å². The summed E-state index contributed by atoms with van der Waals surface area (Å²) < 4.78 is 0. The summed E-state index contributed by atoms with van der Waals surface area (Å²) in [6.07, 6.45) is 1.46. The molecule has 0 aromatic heterocycles. The van der Waals surface area contributed by atoms with E-state index in [1.807, 2.05) is 30.5 Å². The van der Waals surface area contributed by atoms with Crippen LogP contribution in [0.25, 0.3) is 0 Å². The normalized spacial score (nSPS) is 11.9. The van der Waals surface area contributed by atoms with Gasteiger partial charge >= 0.3 is 6.03 Å². The number of hydrogen-bond acceptors (Lipinski definition) is 3. The smallest absolute Gasteiger partial charge is 0.319 e. The zero-order chi connectivity index (χ0) is 12.0. The number of aliphatic hydroxyl groups is 1. The van der Waals surface area contributed by atoms with Crippen LogP contribution in [0.15, 0.2) is 29.2 Å². The highest BCUT2D eigenvalue weighted by Crippen LogP contribution is 2.17. The van der Waals surface area contributed by atoms with Crippen LogP contribution >= 0.6 is 11.8 Å². The molecule has 0 aliphatic carbocycles. The van der Waals surface area contributed by atoms with Gasteiger partial charge in [-0.05, 0) is 37.4 Å². The second-order valence-corrected chi connectivity index (χ2v) is 4.29. The third kappa shape index (κ3) is 4.55. The zero-order valence-electron chi connectivity index (χ0n) is 9.36. The van der Waals surface area contributed by atoms with Gasteiger partial charge in [0.15, 0.2) is 0 Å². The monoisotopic (exact) mass is 240 g/mol. The van der Waals surface area contributed by atoms with Crippen molar-refractivity contribution in [3.05, 3.63) is 24.3 Å². The molecule has 0 aliphatic heterocycles. The summed E-state index contributed by atoms with van der Waals surface area (Å²) in [5.41, 5.74) is 0.737. The van der Waals surface area contributed by atoms with E-state index in [2.05, 4.69) is 10.6 Å². The summed E-state index contributed by atoms with van der Waals surface area (Å²) in [4.78, 5) is 12.5. The average Bonchev–Trinajstić information content (AvgIpc) is 2.27. The van der Waals surface area contributed by atoms with Crippen LogP contribution in [0.4, 0.5) is 10.5 Å². The van der Waals surface area contributed by atoms with Gasteiger partial charge in [0.25, 0.3) is 0 Å². The largest absolute Gasteiger partial charge is 0.392 e. The van der Waals surface area contributed by atoms with E-state index in [4.69, 9.17) is 5.11 Å². The molecule has 0 radical (unpaired) electrons. The van der Waals surface area contributed by atoms with E-state index < -0.39 is 6.10 Å². The highest BCUT2D eigenvalue weighted by molar-refractivity contribution is 7.98. The molecular formula is C11H16N2O2S. The standard InChI is InChI=1S/C11H16N2O2S/c1-8(14)7-12-11(15)13-9-3-5-10(16-2)6-4-9/h3-6,8,14H,7H2,1-2H3,(H2,12,13,15)/t8-/m1/s1. The van der Waals surface area contributed by atoms with Gasteiger partial charge in [-0.2, -0.15) is 0 Å². The zero-order valence-corrected chi connectivity index (χ0v) is 10.2. The molecule has 0 aliphatic rings. The minimum atomic E-state index is -0.537. The van der Waals surface area contributed by atoms with E-state index in [1.54, 1.807) is 18.7 Å². The van der Waals surface area contributed by atoms with Crippen molar-refractivity contribution in [1.29, 1.82) is 0 Å². The molecule has 5 heteroatoms. The van der Waals surface area contributed by atoms with Crippen LogP contribution in [-0.4, -0.2) is 30.0 Å². The quantitative estimate of drug-likeness (QED) is 0.704. The van der Waals surface area contributed by atoms with Gasteiger partial charge in [-0.25, -0.2) is 4.79 Å². The van der Waals surface area contributed by atoms with Gasteiger partial charge < -0.3 is 15.7 Å². The Morgan fingerprint density at radius 3 is 2.56 bits per heavy atom. The van der Waals surface area contributed by atoms with Crippen molar-refractivity contribution < 1.29 is 9.90 Å². The SMILES string of the molecule is CSc1ccc(NC(=O)NC[C@@H](C)O)cc1. The predicted molar refractivity (Wildman–Crippen MR) is 66.9 cm³/mol. The van der Waals surface area contributed by atoms with Crippen molar-refractivity contribution in [2.45, 2.75) is 17.9 Å². The molecule has 0 fully saturated rings. The van der Waals surface area contributed by atoms with Crippen molar-refractivity contribution in [3.8, 4) is 0 Å². The molecule has 0 saturated carbocycles. The first kappa shape index (κ1) is 12.9. The molecule has 0 heterocycles. The summed E-state index contributed by atoms with van der Waals surface area (Å²) in [6, 6.07) is 7.25. The molecule has 1 rings (SSSR count). The number of benzene rings is 1. The van der Waals surface area contributed by atoms with E-state index in [-0.39, 0.29) is 12.6 Å². The van der Waals surface area contributed by atoms with Crippen molar-refractivity contribution in [1.82, 2.24) is 5.32 Å². The topological polar surface area (TPSA) is 61.4 Å². The number of amides is 2. The lowest BCUT2D eigenvalue weighted by Gasteiger charge is -2.09. The third-order valence-electron chi connectivity index (χ3n) is 1.91. The fraction of sp³-hybridized carbons (Fsp3) is 0.364. The molecule has 0 saturated heterocycles. The molecule has 0 spiro atoms. The molecule has 0 unspecified atom stereocenters. The number of rotatable bonds is 4. The van der Waals surface area contributed by atoms with E-state index in [9.17, 15) is 4.79 Å². The summed E-state index contributed by atoms with van der Waals surface area (Å²) in [5, 5.41) is 14.2. The molecule has 16 heavy (non-hydrogen) atoms. The maximum atomic E-state index is 11.3. The number of carbonyl (C=O) groups excluding carboxylic acids is 1. The van der Waals surface area contributed by atoms with E-state index in [0.717, 1.165) is 10.6 Å². The van der Waals surface area contributed by atoms with Gasteiger partial charge in [0.1, 0.15) is 0 Å². The lowest BCUT2D eigenvalue weighted by molar-refractivity contribution is 0.190. The summed E-state index contributed by atoms with van der Waals surface area (Å²) in [5.74, 6) is 0. The van der Waals surface area contributed by atoms with Gasteiger partial charge in [-0.15, -0.1) is 11.8 Å². The van der Waals surface area contributed by atoms with Crippen LogP contribution in [0.5, 0.6) is 0 Å². The number of anilines is 1. The lowest BCUT2D eigenvalue weighted by Crippen LogP contribution is -2.34. The minimum Gasteiger partial charge on any atom is -0.392 e. The number of aliphatic hydroxyl groups excluding tert-OH is 1. The first-order valence-electron chi connectivity index (χ1n) is 4.99. The Labute approximate surface area is 99.4 Å². The first-order valence-corrected chi connectivity index (χ1v) is 6.21. The average molecular weight is 240 g/mol. The molecule has 1 atom stereocenters. The van der Waals surface area contributed by atoms with Crippen LogP contribution in [0.1, 0.15) is 6.92 Å². The van der Waals surface area contributed by atoms with Crippen LogP contribution in [-0.2, 0) is 0 Å². The predicted octanol–water partition coefficient (Wildman–Crippen LogP) is 1.91. The number of urea groups is 1. The van der Waals surface area contributed by atoms with Gasteiger partial charge in [-0.1, -0.05) is 0 Å². The molecule has 2 amide bonds. The van der Waals surface area contributed by atoms with E-state index in [0.29, 0.717) is 0 Å². The Morgan fingerprint density at radius 2 is 2.06 bits per heavy atom. The van der Waals surface area contributed by atoms with Crippen molar-refractivity contribution in [3.63, 3.8) is 0 Å². The fourth-order valence-corrected chi connectivity index (χ4v) is 1.50. The molecular weight excluding hydrogens is 224 g/mol. The van der Waals surface area contributed by atoms with Crippen LogP contribution < -0.4 is 10.6 Å². The number of nitrogens with one attached hydrogen (secondary N) is 2. The van der Waals surface area contributed by atoms with Gasteiger partial charge in [-0.3, -0.25) is 0 Å². The van der Waals surface area contributed by atoms with Gasteiger partial charge in [0.05, 0.1) is 6.10 Å². The Kier molecular flexibility index (Phi) is 5.14. The lowest BCUT2D eigenvalue weighted by atomic mass is 10.3. The van der Waals surface area contributed by atoms with E-state index in [1.165, 1.54) is 0 Å². The molecule has 88 valence electrons. The summed E-state index contributed by atoms with van der Waals surface area (Å²) in [6.45, 7) is 1.86. The summed E-state index contributed by atoms with van der Waals surface area (Å²) in [7, 11) is 0.